The Hall–Kier alpha value is -2.55. The first-order valence-electron chi connectivity index (χ1n) is 5.84. The molecule has 2 aromatic carbocycles. The molecule has 0 aliphatic heterocycles. The number of aromatic hydroxyl groups is 1. The summed E-state index contributed by atoms with van der Waals surface area (Å²) in [7, 11) is 1.49. The molecule has 0 unspecified atom stereocenters. The van der Waals surface area contributed by atoms with Crippen molar-refractivity contribution < 1.29 is 14.6 Å². The number of carbonyl (C=O) groups excluding carboxylic acids is 1. The van der Waals surface area contributed by atoms with Crippen LogP contribution in [0.15, 0.2) is 54.6 Å². The normalized spacial score (nSPS) is 11.1. The standard InChI is InChI=1S/C16H14O3/c1-19-16-11-13(7-8-15(16)18)14(9-10-17)12-5-3-2-4-6-12/h2-11,18H,1H3. The van der Waals surface area contributed by atoms with E-state index in [1.807, 2.05) is 30.3 Å². The molecule has 0 heterocycles. The smallest absolute Gasteiger partial charge is 0.161 e. The molecule has 0 aliphatic carbocycles. The van der Waals surface area contributed by atoms with Crippen molar-refractivity contribution in [2.45, 2.75) is 0 Å². The number of rotatable bonds is 4. The minimum absolute atomic E-state index is 0.0739. The van der Waals surface area contributed by atoms with Gasteiger partial charge < -0.3 is 9.84 Å². The van der Waals surface area contributed by atoms with Gasteiger partial charge in [0.05, 0.1) is 7.11 Å². The molecule has 0 saturated carbocycles. The summed E-state index contributed by atoms with van der Waals surface area (Å²) in [6, 6.07) is 14.6. The molecular formula is C16H14O3. The number of hydrogen-bond acceptors (Lipinski definition) is 3. The molecule has 1 N–H and O–H groups in total. The first-order chi connectivity index (χ1) is 9.26. The summed E-state index contributed by atoms with van der Waals surface area (Å²) >= 11 is 0. The fourth-order valence-electron chi connectivity index (χ4n) is 1.89. The van der Waals surface area contributed by atoms with Crippen molar-refractivity contribution in [2.75, 3.05) is 7.11 Å². The van der Waals surface area contributed by atoms with E-state index in [9.17, 15) is 9.90 Å². The van der Waals surface area contributed by atoms with Gasteiger partial charge in [0, 0.05) is 0 Å². The van der Waals surface area contributed by atoms with Crippen LogP contribution in [-0.4, -0.2) is 18.5 Å². The summed E-state index contributed by atoms with van der Waals surface area (Å²) < 4.78 is 5.08. The Morgan fingerprint density at radius 3 is 2.47 bits per heavy atom. The first kappa shape index (κ1) is 12.9. The zero-order valence-corrected chi connectivity index (χ0v) is 10.5. The van der Waals surface area contributed by atoms with Gasteiger partial charge in [-0.05, 0) is 34.9 Å². The van der Waals surface area contributed by atoms with Crippen LogP contribution in [0, 0.1) is 0 Å². The second-order valence-electron chi connectivity index (χ2n) is 3.97. The number of phenols is 1. The minimum atomic E-state index is 0.0739. The summed E-state index contributed by atoms with van der Waals surface area (Å²) in [5.41, 5.74) is 2.53. The molecular weight excluding hydrogens is 240 g/mol. The Kier molecular flexibility index (Phi) is 3.98. The van der Waals surface area contributed by atoms with E-state index in [1.165, 1.54) is 13.2 Å². The Bertz CT molecular complexity index is 601. The van der Waals surface area contributed by atoms with Gasteiger partial charge in [-0.3, -0.25) is 4.79 Å². The monoisotopic (exact) mass is 254 g/mol. The quantitative estimate of drug-likeness (QED) is 0.674. The van der Waals surface area contributed by atoms with Crippen LogP contribution >= 0.6 is 0 Å². The molecule has 3 heteroatoms. The average Bonchev–Trinajstić information content (AvgIpc) is 2.46. The summed E-state index contributed by atoms with van der Waals surface area (Å²) in [5, 5.41) is 9.60. The second kappa shape index (κ2) is 5.87. The van der Waals surface area contributed by atoms with Crippen LogP contribution < -0.4 is 4.74 Å². The predicted octanol–water partition coefficient (Wildman–Crippen LogP) is 3.03. The molecule has 0 radical (unpaired) electrons. The van der Waals surface area contributed by atoms with Crippen molar-refractivity contribution in [3.05, 3.63) is 65.7 Å². The van der Waals surface area contributed by atoms with Crippen LogP contribution in [0.4, 0.5) is 0 Å². The highest BCUT2D eigenvalue weighted by Gasteiger charge is 2.08. The SMILES string of the molecule is COc1cc(C(=CC=O)c2ccccc2)ccc1O. The molecule has 2 rings (SSSR count). The highest BCUT2D eigenvalue weighted by molar-refractivity contribution is 5.90. The van der Waals surface area contributed by atoms with Gasteiger partial charge >= 0.3 is 0 Å². The summed E-state index contributed by atoms with van der Waals surface area (Å²) in [6.07, 6.45) is 2.25. The van der Waals surface area contributed by atoms with Gasteiger partial charge in [0.1, 0.15) is 6.29 Å². The average molecular weight is 254 g/mol. The second-order valence-corrected chi connectivity index (χ2v) is 3.97. The van der Waals surface area contributed by atoms with E-state index in [1.54, 1.807) is 18.2 Å². The maximum absolute atomic E-state index is 10.8. The molecule has 0 atom stereocenters. The third-order valence-corrected chi connectivity index (χ3v) is 2.81. The molecule has 3 nitrogen and oxygen atoms in total. The molecule has 0 bridgehead atoms. The largest absolute Gasteiger partial charge is 0.504 e. The van der Waals surface area contributed by atoms with Crippen molar-refractivity contribution in [3.8, 4) is 11.5 Å². The van der Waals surface area contributed by atoms with Gasteiger partial charge in [-0.15, -0.1) is 0 Å². The zero-order chi connectivity index (χ0) is 13.7. The summed E-state index contributed by atoms with van der Waals surface area (Å²) in [6.45, 7) is 0. The number of hydrogen-bond donors (Lipinski definition) is 1. The molecule has 0 amide bonds. The van der Waals surface area contributed by atoms with Crippen LogP contribution in [-0.2, 0) is 4.79 Å². The van der Waals surface area contributed by atoms with E-state index in [0.717, 1.165) is 23.0 Å². The van der Waals surface area contributed by atoms with Crippen LogP contribution in [0.25, 0.3) is 5.57 Å². The molecule has 0 spiro atoms. The number of methoxy groups -OCH3 is 1. The maximum atomic E-state index is 10.8. The summed E-state index contributed by atoms with van der Waals surface area (Å²) in [4.78, 5) is 10.8. The Balaban J connectivity index is 2.52. The van der Waals surface area contributed by atoms with E-state index < -0.39 is 0 Å². The van der Waals surface area contributed by atoms with Gasteiger partial charge in [0.2, 0.25) is 0 Å². The van der Waals surface area contributed by atoms with E-state index in [4.69, 9.17) is 4.74 Å². The Labute approximate surface area is 111 Å². The number of benzene rings is 2. The van der Waals surface area contributed by atoms with Crippen molar-refractivity contribution in [2.24, 2.45) is 0 Å². The molecule has 0 fully saturated rings. The van der Waals surface area contributed by atoms with Gasteiger partial charge in [0.15, 0.2) is 11.5 Å². The Morgan fingerprint density at radius 1 is 1.11 bits per heavy atom. The van der Waals surface area contributed by atoms with E-state index in [2.05, 4.69) is 0 Å². The van der Waals surface area contributed by atoms with Gasteiger partial charge in [-0.2, -0.15) is 0 Å². The number of phenolic OH excluding ortho intramolecular Hbond substituents is 1. The maximum Gasteiger partial charge on any atom is 0.161 e. The van der Waals surface area contributed by atoms with E-state index >= 15 is 0 Å². The molecule has 96 valence electrons. The fourth-order valence-corrected chi connectivity index (χ4v) is 1.89. The van der Waals surface area contributed by atoms with E-state index in [-0.39, 0.29) is 5.75 Å². The molecule has 0 saturated heterocycles. The topological polar surface area (TPSA) is 46.5 Å². The molecule has 2 aromatic rings. The third kappa shape index (κ3) is 2.83. The number of ether oxygens (including phenoxy) is 1. The molecule has 0 aliphatic rings. The van der Waals surface area contributed by atoms with Crippen LogP contribution in [0.1, 0.15) is 11.1 Å². The lowest BCUT2D eigenvalue weighted by Crippen LogP contribution is -1.91. The molecule has 19 heavy (non-hydrogen) atoms. The van der Waals surface area contributed by atoms with Gasteiger partial charge in [0.25, 0.3) is 0 Å². The summed E-state index contributed by atoms with van der Waals surface area (Å²) in [5.74, 6) is 0.454. The van der Waals surface area contributed by atoms with Crippen molar-refractivity contribution >= 4 is 11.9 Å². The number of allylic oxidation sites excluding steroid dienone is 1. The highest BCUT2D eigenvalue weighted by atomic mass is 16.5. The van der Waals surface area contributed by atoms with Gasteiger partial charge in [-0.25, -0.2) is 0 Å². The lowest BCUT2D eigenvalue weighted by Gasteiger charge is -2.10. The molecule has 0 aromatic heterocycles. The lowest BCUT2D eigenvalue weighted by atomic mass is 9.97. The highest BCUT2D eigenvalue weighted by Crippen LogP contribution is 2.31. The van der Waals surface area contributed by atoms with Crippen LogP contribution in [0.5, 0.6) is 11.5 Å². The number of carbonyl (C=O) groups is 1. The number of aldehydes is 1. The van der Waals surface area contributed by atoms with Crippen molar-refractivity contribution in [1.29, 1.82) is 0 Å². The van der Waals surface area contributed by atoms with Gasteiger partial charge in [-0.1, -0.05) is 36.4 Å². The van der Waals surface area contributed by atoms with Crippen molar-refractivity contribution in [3.63, 3.8) is 0 Å². The third-order valence-electron chi connectivity index (χ3n) is 2.81. The Morgan fingerprint density at radius 2 is 1.84 bits per heavy atom. The predicted molar refractivity (Wildman–Crippen MR) is 74.2 cm³/mol. The van der Waals surface area contributed by atoms with Crippen LogP contribution in [0.2, 0.25) is 0 Å². The van der Waals surface area contributed by atoms with Crippen molar-refractivity contribution in [1.82, 2.24) is 0 Å². The lowest BCUT2D eigenvalue weighted by molar-refractivity contribution is -0.104. The van der Waals surface area contributed by atoms with Crippen LogP contribution in [0.3, 0.4) is 0 Å². The van der Waals surface area contributed by atoms with E-state index in [0.29, 0.717) is 5.75 Å². The minimum Gasteiger partial charge on any atom is -0.504 e. The fraction of sp³-hybridized carbons (Fsp3) is 0.0625. The first-order valence-corrected chi connectivity index (χ1v) is 5.84. The zero-order valence-electron chi connectivity index (χ0n) is 10.5.